The summed E-state index contributed by atoms with van der Waals surface area (Å²) in [7, 11) is 0. The summed E-state index contributed by atoms with van der Waals surface area (Å²) < 4.78 is 13.2. The van der Waals surface area contributed by atoms with E-state index in [9.17, 15) is 19.3 Å². The molecule has 0 bridgehead atoms. The van der Waals surface area contributed by atoms with Crippen LogP contribution < -0.4 is 5.32 Å². The van der Waals surface area contributed by atoms with Crippen LogP contribution in [0.3, 0.4) is 0 Å². The number of nitrogens with one attached hydrogen (secondary N) is 1. The first-order valence-corrected chi connectivity index (χ1v) is 7.20. The Morgan fingerprint density at radius 2 is 2.05 bits per heavy atom. The van der Waals surface area contributed by atoms with Crippen LogP contribution in [0.15, 0.2) is 18.2 Å². The number of hydrogen-bond donors (Lipinski definition) is 1. The number of hydrogen-bond acceptors (Lipinski definition) is 3. The fourth-order valence-corrected chi connectivity index (χ4v) is 2.42. The van der Waals surface area contributed by atoms with Crippen molar-refractivity contribution in [3.05, 3.63) is 39.7 Å². The third-order valence-corrected chi connectivity index (χ3v) is 4.37. The molecule has 0 aliphatic heterocycles. The molecule has 0 saturated heterocycles. The predicted molar refractivity (Wildman–Crippen MR) is 79.1 cm³/mol. The molecule has 1 aromatic carbocycles. The van der Waals surface area contributed by atoms with Crippen molar-refractivity contribution in [2.24, 2.45) is 5.41 Å². The maximum atomic E-state index is 13.2. The van der Waals surface area contributed by atoms with Crippen LogP contribution in [0.4, 0.5) is 10.1 Å². The minimum Gasteiger partial charge on any atom is -0.351 e. The molecule has 0 saturated carbocycles. The topological polar surface area (TPSA) is 72.2 Å². The fourth-order valence-electron chi connectivity index (χ4n) is 1.95. The zero-order chi connectivity index (χ0) is 16.0. The van der Waals surface area contributed by atoms with E-state index in [1.54, 1.807) is 0 Å². The van der Waals surface area contributed by atoms with Crippen LogP contribution in [0.2, 0.25) is 0 Å². The first-order valence-electron chi connectivity index (χ1n) is 6.67. The molecule has 0 spiro atoms. The molecule has 0 fully saturated rings. The molecule has 21 heavy (non-hydrogen) atoms. The first kappa shape index (κ1) is 17.4. The Kier molecular flexibility index (Phi) is 6.08. The molecule has 116 valence electrons. The molecule has 0 unspecified atom stereocenters. The summed E-state index contributed by atoms with van der Waals surface area (Å²) in [5, 5.41) is 13.5. The number of rotatable bonds is 7. The highest BCUT2D eigenvalue weighted by Crippen LogP contribution is 2.27. The van der Waals surface area contributed by atoms with Gasteiger partial charge in [-0.2, -0.15) is 0 Å². The predicted octanol–water partition coefficient (Wildman–Crippen LogP) is 3.51. The first-order chi connectivity index (χ1) is 9.89. The summed E-state index contributed by atoms with van der Waals surface area (Å²) in [4.78, 5) is 22.3. The summed E-state index contributed by atoms with van der Waals surface area (Å²) in [5.41, 5.74) is -0.965. The van der Waals surface area contributed by atoms with E-state index in [1.807, 2.05) is 13.8 Å². The van der Waals surface area contributed by atoms with Gasteiger partial charge in [-0.3, -0.25) is 14.9 Å². The molecule has 0 atom stereocenters. The normalized spacial score (nSPS) is 11.2. The molecule has 5 nitrogen and oxygen atoms in total. The van der Waals surface area contributed by atoms with Gasteiger partial charge in [-0.05, 0) is 25.0 Å². The van der Waals surface area contributed by atoms with Crippen LogP contribution in [0.25, 0.3) is 0 Å². The Morgan fingerprint density at radius 3 is 2.52 bits per heavy atom. The molecular weight excluding hydrogens is 299 g/mol. The third kappa shape index (κ3) is 4.14. The van der Waals surface area contributed by atoms with Crippen LogP contribution in [0.5, 0.6) is 0 Å². The van der Waals surface area contributed by atoms with Gasteiger partial charge in [-0.1, -0.05) is 13.8 Å². The number of carbonyl (C=O) groups excluding carboxylic acids is 1. The summed E-state index contributed by atoms with van der Waals surface area (Å²) in [6.45, 7) is 4.21. The van der Waals surface area contributed by atoms with Crippen LogP contribution >= 0.6 is 11.6 Å². The standard InChI is InChI=1S/C14H18ClFN2O3/c1-3-14(4-2,8-15)9-17-13(19)11-7-10(16)5-6-12(11)18(20)21/h5-7H,3-4,8-9H2,1-2H3,(H,17,19). The molecular formula is C14H18ClFN2O3. The number of alkyl halides is 1. The lowest BCUT2D eigenvalue weighted by Crippen LogP contribution is -2.38. The van der Waals surface area contributed by atoms with E-state index in [0.29, 0.717) is 5.88 Å². The number of amides is 1. The van der Waals surface area contributed by atoms with Crippen molar-refractivity contribution in [3.63, 3.8) is 0 Å². The second kappa shape index (κ2) is 7.36. The Hall–Kier alpha value is -1.69. The summed E-state index contributed by atoms with van der Waals surface area (Å²) in [6.07, 6.45) is 1.52. The van der Waals surface area contributed by atoms with E-state index in [2.05, 4.69) is 5.32 Å². The van der Waals surface area contributed by atoms with Gasteiger partial charge in [-0.25, -0.2) is 4.39 Å². The molecule has 1 rings (SSSR count). The lowest BCUT2D eigenvalue weighted by molar-refractivity contribution is -0.385. The number of nitro benzene ring substituents is 1. The molecule has 1 N–H and O–H groups in total. The number of carbonyl (C=O) groups is 1. The van der Waals surface area contributed by atoms with Crippen molar-refractivity contribution in [2.45, 2.75) is 26.7 Å². The van der Waals surface area contributed by atoms with Crippen LogP contribution in [-0.4, -0.2) is 23.3 Å². The maximum absolute atomic E-state index is 13.2. The van der Waals surface area contributed by atoms with E-state index in [0.717, 1.165) is 31.0 Å². The smallest absolute Gasteiger partial charge is 0.282 e. The van der Waals surface area contributed by atoms with Crippen LogP contribution in [0, 0.1) is 21.3 Å². The average Bonchev–Trinajstić information content (AvgIpc) is 2.48. The van der Waals surface area contributed by atoms with Gasteiger partial charge in [0.25, 0.3) is 11.6 Å². The molecule has 0 radical (unpaired) electrons. The Bertz CT molecular complexity index is 525. The van der Waals surface area contributed by atoms with Crippen molar-refractivity contribution < 1.29 is 14.1 Å². The molecule has 0 aliphatic rings. The lowest BCUT2D eigenvalue weighted by atomic mass is 9.84. The molecule has 0 aliphatic carbocycles. The van der Waals surface area contributed by atoms with Crippen molar-refractivity contribution in [1.82, 2.24) is 5.32 Å². The van der Waals surface area contributed by atoms with E-state index in [1.165, 1.54) is 0 Å². The maximum Gasteiger partial charge on any atom is 0.282 e. The van der Waals surface area contributed by atoms with Crippen LogP contribution in [-0.2, 0) is 0 Å². The minimum atomic E-state index is -0.706. The fraction of sp³-hybridized carbons (Fsp3) is 0.500. The summed E-state index contributed by atoms with van der Waals surface area (Å²) in [5.74, 6) is -0.996. The van der Waals surface area contributed by atoms with Gasteiger partial charge in [0.1, 0.15) is 11.4 Å². The number of benzene rings is 1. The molecule has 0 aromatic heterocycles. The zero-order valence-corrected chi connectivity index (χ0v) is 12.7. The quantitative estimate of drug-likeness (QED) is 0.475. The van der Waals surface area contributed by atoms with Gasteiger partial charge in [0.2, 0.25) is 0 Å². The van der Waals surface area contributed by atoms with E-state index >= 15 is 0 Å². The van der Waals surface area contributed by atoms with E-state index in [-0.39, 0.29) is 17.5 Å². The number of nitro groups is 1. The zero-order valence-electron chi connectivity index (χ0n) is 12.0. The van der Waals surface area contributed by atoms with Gasteiger partial charge in [0.05, 0.1) is 4.92 Å². The summed E-state index contributed by atoms with van der Waals surface area (Å²) >= 11 is 5.94. The van der Waals surface area contributed by atoms with Crippen molar-refractivity contribution in [1.29, 1.82) is 0 Å². The monoisotopic (exact) mass is 316 g/mol. The highest BCUT2D eigenvalue weighted by molar-refractivity contribution is 6.18. The van der Waals surface area contributed by atoms with E-state index < -0.39 is 22.3 Å². The highest BCUT2D eigenvalue weighted by atomic mass is 35.5. The van der Waals surface area contributed by atoms with Gasteiger partial charge < -0.3 is 5.32 Å². The Morgan fingerprint density at radius 1 is 1.43 bits per heavy atom. The SMILES string of the molecule is CCC(CC)(CCl)CNC(=O)c1cc(F)ccc1[N+](=O)[O-]. The highest BCUT2D eigenvalue weighted by Gasteiger charge is 2.27. The van der Waals surface area contributed by atoms with Gasteiger partial charge in [0, 0.05) is 23.9 Å². The van der Waals surface area contributed by atoms with Crippen molar-refractivity contribution in [2.75, 3.05) is 12.4 Å². The molecule has 0 heterocycles. The second-order valence-corrected chi connectivity index (χ2v) is 5.21. The number of halogens is 2. The molecule has 1 aromatic rings. The van der Waals surface area contributed by atoms with Crippen molar-refractivity contribution >= 4 is 23.2 Å². The van der Waals surface area contributed by atoms with Crippen LogP contribution in [0.1, 0.15) is 37.0 Å². The van der Waals surface area contributed by atoms with Gasteiger partial charge >= 0.3 is 0 Å². The minimum absolute atomic E-state index is 0.265. The Balaban J connectivity index is 2.95. The second-order valence-electron chi connectivity index (χ2n) is 4.94. The van der Waals surface area contributed by atoms with E-state index in [4.69, 9.17) is 11.6 Å². The average molecular weight is 317 g/mol. The number of nitrogens with zero attached hydrogens (tertiary/aromatic N) is 1. The summed E-state index contributed by atoms with van der Waals surface area (Å²) in [6, 6.07) is 2.81. The van der Waals surface area contributed by atoms with Gasteiger partial charge in [0.15, 0.2) is 0 Å². The molecule has 1 amide bonds. The lowest BCUT2D eigenvalue weighted by Gasteiger charge is -2.29. The molecule has 7 heteroatoms. The van der Waals surface area contributed by atoms with Crippen molar-refractivity contribution in [3.8, 4) is 0 Å². The third-order valence-electron chi connectivity index (χ3n) is 3.81. The van der Waals surface area contributed by atoms with Gasteiger partial charge in [-0.15, -0.1) is 11.6 Å². The largest absolute Gasteiger partial charge is 0.351 e. The Labute approximate surface area is 127 Å².